The molecule has 2 aromatic rings. The second-order valence-corrected chi connectivity index (χ2v) is 8.17. The monoisotopic (exact) mass is 454 g/mol. The number of aliphatic hydroxyl groups is 1. The Morgan fingerprint density at radius 2 is 1.55 bits per heavy atom. The van der Waals surface area contributed by atoms with E-state index in [2.05, 4.69) is 9.80 Å². The van der Waals surface area contributed by atoms with Gasteiger partial charge in [-0.05, 0) is 24.6 Å². The Balaban J connectivity index is 1.38. The number of phenols is 2. The van der Waals surface area contributed by atoms with Crippen LogP contribution in [0.3, 0.4) is 0 Å². The van der Waals surface area contributed by atoms with Gasteiger partial charge in [0.25, 0.3) is 0 Å². The fraction of sp³-hybridized carbons (Fsp3) is 0.375. The summed E-state index contributed by atoms with van der Waals surface area (Å²) >= 11 is 0. The van der Waals surface area contributed by atoms with E-state index < -0.39 is 23.3 Å². The van der Waals surface area contributed by atoms with Crippen LogP contribution in [0.1, 0.15) is 48.6 Å². The van der Waals surface area contributed by atoms with Crippen molar-refractivity contribution in [2.75, 3.05) is 52.5 Å². The molecular weight excluding hydrogens is 428 g/mol. The third-order valence-corrected chi connectivity index (χ3v) is 6.07. The van der Waals surface area contributed by atoms with E-state index in [4.69, 9.17) is 9.84 Å². The van der Waals surface area contributed by atoms with E-state index in [0.717, 1.165) is 38.8 Å². The van der Waals surface area contributed by atoms with Crippen LogP contribution in [0.15, 0.2) is 30.3 Å². The molecule has 2 aromatic carbocycles. The number of benzene rings is 2. The zero-order valence-electron chi connectivity index (χ0n) is 18.1. The average Bonchev–Trinajstić information content (AvgIpc) is 2.80. The summed E-state index contributed by atoms with van der Waals surface area (Å²) in [5.74, 6) is -2.76. The topological polar surface area (TPSA) is 128 Å². The van der Waals surface area contributed by atoms with Gasteiger partial charge in [-0.15, -0.1) is 0 Å². The SMILES string of the molecule is O=C(OCCCN1CCN(CCO)CC1)c1cc(O)c2c(c1)C(=O)c1cccc(O)c1C2=O. The number of β-amino-alcohol motifs (C(OH)–C–C–N with tert-alkyl or cyclic N) is 1. The van der Waals surface area contributed by atoms with Crippen LogP contribution in [0.2, 0.25) is 0 Å². The molecular formula is C24H26N2O7. The number of aliphatic hydroxyl groups excluding tert-OH is 1. The number of carbonyl (C=O) groups is 3. The molecule has 0 bridgehead atoms. The van der Waals surface area contributed by atoms with Gasteiger partial charge in [0.05, 0.1) is 29.9 Å². The molecule has 1 fully saturated rings. The maximum absolute atomic E-state index is 12.9. The lowest BCUT2D eigenvalue weighted by atomic mass is 9.82. The van der Waals surface area contributed by atoms with Crippen LogP contribution in [0.5, 0.6) is 11.5 Å². The van der Waals surface area contributed by atoms with Crippen LogP contribution in [0.25, 0.3) is 0 Å². The van der Waals surface area contributed by atoms with Gasteiger partial charge in [0, 0.05) is 50.4 Å². The molecule has 1 saturated heterocycles. The number of nitrogens with zero attached hydrogens (tertiary/aromatic N) is 2. The average molecular weight is 454 g/mol. The number of carbonyl (C=O) groups excluding carboxylic acids is 3. The largest absolute Gasteiger partial charge is 0.507 e. The van der Waals surface area contributed by atoms with Crippen LogP contribution >= 0.6 is 0 Å². The maximum Gasteiger partial charge on any atom is 0.338 e. The Morgan fingerprint density at radius 1 is 0.879 bits per heavy atom. The first-order valence-electron chi connectivity index (χ1n) is 10.9. The number of piperazine rings is 1. The van der Waals surface area contributed by atoms with Crippen LogP contribution in [-0.4, -0.2) is 95.1 Å². The molecule has 1 aliphatic heterocycles. The number of fused-ring (bicyclic) bond motifs is 2. The molecule has 9 nitrogen and oxygen atoms in total. The maximum atomic E-state index is 12.9. The number of ketones is 2. The zero-order chi connectivity index (χ0) is 23.5. The second-order valence-electron chi connectivity index (χ2n) is 8.17. The van der Waals surface area contributed by atoms with Gasteiger partial charge < -0.3 is 25.0 Å². The van der Waals surface area contributed by atoms with Gasteiger partial charge in [0.2, 0.25) is 5.78 Å². The standard InChI is InChI=1S/C24H26N2O7/c27-11-10-26-8-6-25(7-9-26)5-2-12-33-24(32)15-13-17-21(19(29)14-15)23(31)20-16(22(17)30)3-1-4-18(20)28/h1,3-4,13-14,27-29H,2,5-12H2. The van der Waals surface area contributed by atoms with Gasteiger partial charge in [-0.1, -0.05) is 12.1 Å². The van der Waals surface area contributed by atoms with Crippen molar-refractivity contribution in [1.29, 1.82) is 0 Å². The van der Waals surface area contributed by atoms with Crippen LogP contribution in [0, 0.1) is 0 Å². The molecule has 0 saturated carbocycles. The molecule has 9 heteroatoms. The lowest BCUT2D eigenvalue weighted by Gasteiger charge is -2.34. The highest BCUT2D eigenvalue weighted by Gasteiger charge is 2.35. The molecule has 0 amide bonds. The number of phenolic OH excluding ortho intramolecular Hbond substituents is 2. The molecule has 0 unspecified atom stereocenters. The molecule has 0 aromatic heterocycles. The van der Waals surface area contributed by atoms with Crippen molar-refractivity contribution in [2.45, 2.75) is 6.42 Å². The molecule has 4 rings (SSSR count). The zero-order valence-corrected chi connectivity index (χ0v) is 18.1. The Morgan fingerprint density at radius 3 is 2.24 bits per heavy atom. The number of aromatic hydroxyl groups is 2. The number of hydrogen-bond acceptors (Lipinski definition) is 9. The lowest BCUT2D eigenvalue weighted by molar-refractivity contribution is 0.0473. The normalized spacial score (nSPS) is 16.4. The molecule has 174 valence electrons. The summed E-state index contributed by atoms with van der Waals surface area (Å²) in [6, 6.07) is 6.54. The van der Waals surface area contributed by atoms with Gasteiger partial charge in [0.15, 0.2) is 5.78 Å². The molecule has 0 spiro atoms. The minimum Gasteiger partial charge on any atom is -0.507 e. The summed E-state index contributed by atoms with van der Waals surface area (Å²) in [5, 5.41) is 29.4. The van der Waals surface area contributed by atoms with E-state index in [-0.39, 0.29) is 46.8 Å². The van der Waals surface area contributed by atoms with Gasteiger partial charge in [0.1, 0.15) is 11.5 Å². The first kappa shape index (κ1) is 22.9. The fourth-order valence-electron chi connectivity index (χ4n) is 4.31. The summed E-state index contributed by atoms with van der Waals surface area (Å²) in [7, 11) is 0. The van der Waals surface area contributed by atoms with Gasteiger partial charge in [-0.25, -0.2) is 4.79 Å². The van der Waals surface area contributed by atoms with Crippen LogP contribution in [-0.2, 0) is 4.74 Å². The predicted octanol–water partition coefficient (Wildman–Crippen LogP) is 1.03. The molecule has 33 heavy (non-hydrogen) atoms. The van der Waals surface area contributed by atoms with Crippen molar-refractivity contribution in [1.82, 2.24) is 9.80 Å². The van der Waals surface area contributed by atoms with E-state index in [1.165, 1.54) is 24.3 Å². The smallest absolute Gasteiger partial charge is 0.338 e. The van der Waals surface area contributed by atoms with E-state index in [1.807, 2.05) is 0 Å². The quantitative estimate of drug-likeness (QED) is 0.354. The third kappa shape index (κ3) is 4.61. The lowest BCUT2D eigenvalue weighted by Crippen LogP contribution is -2.47. The van der Waals surface area contributed by atoms with Crippen LogP contribution in [0.4, 0.5) is 0 Å². The van der Waals surface area contributed by atoms with Gasteiger partial charge >= 0.3 is 5.97 Å². The molecule has 1 aliphatic carbocycles. The van der Waals surface area contributed by atoms with Gasteiger partial charge in [-0.3, -0.25) is 14.5 Å². The summed E-state index contributed by atoms with van der Waals surface area (Å²) < 4.78 is 5.32. The van der Waals surface area contributed by atoms with Crippen molar-refractivity contribution in [3.05, 3.63) is 58.1 Å². The highest BCUT2D eigenvalue weighted by atomic mass is 16.5. The molecule has 3 N–H and O–H groups in total. The molecule has 1 heterocycles. The first-order valence-corrected chi connectivity index (χ1v) is 10.9. The summed E-state index contributed by atoms with van der Waals surface area (Å²) in [5.41, 5.74) is -0.473. The fourth-order valence-corrected chi connectivity index (χ4v) is 4.31. The molecule has 0 atom stereocenters. The minimum absolute atomic E-state index is 0.0198. The number of ether oxygens (including phenoxy) is 1. The van der Waals surface area contributed by atoms with Crippen molar-refractivity contribution < 1.29 is 34.4 Å². The summed E-state index contributed by atoms with van der Waals surface area (Å²) in [6.07, 6.45) is 0.632. The Kier molecular flexibility index (Phi) is 6.73. The first-order chi connectivity index (χ1) is 15.9. The summed E-state index contributed by atoms with van der Waals surface area (Å²) in [4.78, 5) is 42.7. The predicted molar refractivity (Wildman–Crippen MR) is 118 cm³/mol. The Hall–Kier alpha value is -3.27. The van der Waals surface area contributed by atoms with Crippen LogP contribution < -0.4 is 0 Å². The van der Waals surface area contributed by atoms with Crippen molar-refractivity contribution in [2.24, 2.45) is 0 Å². The summed E-state index contributed by atoms with van der Waals surface area (Å²) in [6.45, 7) is 5.34. The van der Waals surface area contributed by atoms with Gasteiger partial charge in [-0.2, -0.15) is 0 Å². The van der Waals surface area contributed by atoms with E-state index >= 15 is 0 Å². The third-order valence-electron chi connectivity index (χ3n) is 6.07. The Bertz CT molecular complexity index is 1090. The number of rotatable bonds is 7. The van der Waals surface area contributed by atoms with Crippen molar-refractivity contribution >= 4 is 17.5 Å². The van der Waals surface area contributed by atoms with E-state index in [9.17, 15) is 24.6 Å². The number of hydrogen-bond donors (Lipinski definition) is 3. The van der Waals surface area contributed by atoms with E-state index in [1.54, 1.807) is 0 Å². The molecule has 0 radical (unpaired) electrons. The second kappa shape index (κ2) is 9.70. The highest BCUT2D eigenvalue weighted by Crippen LogP contribution is 2.37. The minimum atomic E-state index is -0.692. The highest BCUT2D eigenvalue weighted by molar-refractivity contribution is 6.30. The number of esters is 1. The Labute approximate surface area is 190 Å². The van der Waals surface area contributed by atoms with Crippen molar-refractivity contribution in [3.8, 4) is 11.5 Å². The molecule has 2 aliphatic rings. The van der Waals surface area contributed by atoms with E-state index in [0.29, 0.717) is 13.0 Å². The van der Waals surface area contributed by atoms with Crippen molar-refractivity contribution in [3.63, 3.8) is 0 Å².